The van der Waals surface area contributed by atoms with E-state index in [1.54, 1.807) is 0 Å². The molecule has 4 nitrogen and oxygen atoms in total. The highest BCUT2D eigenvalue weighted by molar-refractivity contribution is 6.30. The number of aromatic amines is 1. The fourth-order valence-electron chi connectivity index (χ4n) is 2.50. The van der Waals surface area contributed by atoms with Gasteiger partial charge in [0.1, 0.15) is 0 Å². The minimum atomic E-state index is -0.458. The number of halogens is 1. The maximum absolute atomic E-state index is 12.0. The summed E-state index contributed by atoms with van der Waals surface area (Å²) in [5, 5.41) is 7.77. The number of nitrogens with one attached hydrogen (secondary N) is 1. The van der Waals surface area contributed by atoms with Gasteiger partial charge >= 0.3 is 5.97 Å². The number of hydrogen-bond acceptors (Lipinski definition) is 3. The third-order valence-electron chi connectivity index (χ3n) is 3.58. The predicted molar refractivity (Wildman–Crippen MR) is 89.6 cm³/mol. The number of ether oxygens (including phenoxy) is 1. The van der Waals surface area contributed by atoms with Gasteiger partial charge in [0.15, 0.2) is 5.69 Å². The monoisotopic (exact) mass is 326 g/mol. The Morgan fingerprint density at radius 1 is 1.17 bits per heavy atom. The van der Waals surface area contributed by atoms with Crippen LogP contribution in [0.25, 0.3) is 11.3 Å². The van der Waals surface area contributed by atoms with Crippen molar-refractivity contribution in [3.8, 4) is 11.3 Å². The van der Waals surface area contributed by atoms with E-state index in [9.17, 15) is 4.79 Å². The molecule has 0 aliphatic carbocycles. The maximum Gasteiger partial charge on any atom is 0.358 e. The van der Waals surface area contributed by atoms with Crippen molar-refractivity contribution in [2.75, 3.05) is 7.11 Å². The van der Waals surface area contributed by atoms with Crippen molar-refractivity contribution in [3.63, 3.8) is 0 Å². The molecule has 0 unspecified atom stereocenters. The Labute approximate surface area is 139 Å². The first-order valence-corrected chi connectivity index (χ1v) is 7.52. The van der Waals surface area contributed by atoms with E-state index in [-0.39, 0.29) is 0 Å². The molecule has 1 N–H and O–H groups in total. The predicted octanol–water partition coefficient (Wildman–Crippen LogP) is 4.11. The highest BCUT2D eigenvalue weighted by atomic mass is 35.5. The highest BCUT2D eigenvalue weighted by Crippen LogP contribution is 2.27. The Balaban J connectivity index is 2.08. The number of rotatable bonds is 4. The molecule has 0 saturated carbocycles. The lowest BCUT2D eigenvalue weighted by Gasteiger charge is -2.06. The topological polar surface area (TPSA) is 55.0 Å². The quantitative estimate of drug-likeness (QED) is 0.734. The molecule has 0 amide bonds. The van der Waals surface area contributed by atoms with E-state index in [1.165, 1.54) is 7.11 Å². The van der Waals surface area contributed by atoms with Crippen LogP contribution in [0.15, 0.2) is 54.6 Å². The normalized spacial score (nSPS) is 10.5. The zero-order valence-electron chi connectivity index (χ0n) is 12.5. The summed E-state index contributed by atoms with van der Waals surface area (Å²) in [7, 11) is 1.35. The maximum atomic E-state index is 12.0. The fourth-order valence-corrected chi connectivity index (χ4v) is 2.71. The zero-order chi connectivity index (χ0) is 16.2. The molecule has 23 heavy (non-hydrogen) atoms. The van der Waals surface area contributed by atoms with E-state index in [1.807, 2.05) is 54.6 Å². The Morgan fingerprint density at radius 2 is 1.96 bits per heavy atom. The van der Waals surface area contributed by atoms with Crippen LogP contribution in [0.3, 0.4) is 0 Å². The van der Waals surface area contributed by atoms with E-state index in [4.69, 9.17) is 16.3 Å². The van der Waals surface area contributed by atoms with Crippen LogP contribution < -0.4 is 0 Å². The molecule has 0 aliphatic heterocycles. The van der Waals surface area contributed by atoms with Crippen LogP contribution in [0.1, 0.15) is 21.6 Å². The summed E-state index contributed by atoms with van der Waals surface area (Å²) in [6, 6.07) is 17.3. The summed E-state index contributed by atoms with van der Waals surface area (Å²) in [6.07, 6.45) is 0.533. The number of esters is 1. The molecule has 0 spiro atoms. The number of benzene rings is 2. The summed E-state index contributed by atoms with van der Waals surface area (Å²) in [6.45, 7) is 0. The lowest BCUT2D eigenvalue weighted by atomic mass is 9.99. The summed E-state index contributed by atoms with van der Waals surface area (Å²) in [4.78, 5) is 12.0. The second-order valence-corrected chi connectivity index (χ2v) is 5.53. The van der Waals surface area contributed by atoms with Gasteiger partial charge in [-0.3, -0.25) is 5.10 Å². The summed E-state index contributed by atoms with van der Waals surface area (Å²) in [5.41, 5.74) is 3.87. The van der Waals surface area contributed by atoms with Crippen molar-refractivity contribution in [1.29, 1.82) is 0 Å². The SMILES string of the molecule is COC(=O)c1n[nH]c(-c2ccccc2)c1Cc1cccc(Cl)c1. The highest BCUT2D eigenvalue weighted by Gasteiger charge is 2.21. The Kier molecular flexibility index (Phi) is 4.44. The molecule has 0 aliphatic rings. The first-order chi connectivity index (χ1) is 11.2. The molecule has 0 atom stereocenters. The molecule has 5 heteroatoms. The van der Waals surface area contributed by atoms with Gasteiger partial charge in [-0.15, -0.1) is 0 Å². The number of nitrogens with zero attached hydrogens (tertiary/aromatic N) is 1. The fraction of sp³-hybridized carbons (Fsp3) is 0.111. The summed E-state index contributed by atoms with van der Waals surface area (Å²) < 4.78 is 4.84. The first kappa shape index (κ1) is 15.3. The molecule has 1 heterocycles. The van der Waals surface area contributed by atoms with Gasteiger partial charge in [-0.05, 0) is 23.3 Å². The van der Waals surface area contributed by atoms with E-state index < -0.39 is 5.97 Å². The number of H-pyrrole nitrogens is 1. The average Bonchev–Trinajstić information content (AvgIpc) is 2.98. The number of carbonyl (C=O) groups is 1. The van der Waals surface area contributed by atoms with Crippen LogP contribution in [0.4, 0.5) is 0 Å². The van der Waals surface area contributed by atoms with Crippen LogP contribution in [0.5, 0.6) is 0 Å². The summed E-state index contributed by atoms with van der Waals surface area (Å²) in [5.74, 6) is -0.458. The number of methoxy groups -OCH3 is 1. The smallest absolute Gasteiger partial charge is 0.358 e. The zero-order valence-corrected chi connectivity index (χ0v) is 13.3. The second-order valence-electron chi connectivity index (χ2n) is 5.09. The molecule has 0 bridgehead atoms. The Bertz CT molecular complexity index is 828. The summed E-state index contributed by atoms with van der Waals surface area (Å²) >= 11 is 6.06. The van der Waals surface area contributed by atoms with Crippen molar-refractivity contribution < 1.29 is 9.53 Å². The van der Waals surface area contributed by atoms with Gasteiger partial charge < -0.3 is 4.74 Å². The number of carbonyl (C=O) groups excluding carboxylic acids is 1. The first-order valence-electron chi connectivity index (χ1n) is 7.14. The van der Waals surface area contributed by atoms with Crippen LogP contribution in [-0.2, 0) is 11.2 Å². The van der Waals surface area contributed by atoms with Gasteiger partial charge in [-0.1, -0.05) is 54.1 Å². The van der Waals surface area contributed by atoms with Crippen LogP contribution in [0.2, 0.25) is 5.02 Å². The molecule has 0 saturated heterocycles. The van der Waals surface area contributed by atoms with Gasteiger partial charge in [-0.25, -0.2) is 4.79 Å². The van der Waals surface area contributed by atoms with Crippen LogP contribution in [-0.4, -0.2) is 23.3 Å². The molecular weight excluding hydrogens is 312 g/mol. The van der Waals surface area contributed by atoms with E-state index in [0.717, 1.165) is 22.4 Å². The molecular formula is C18H15ClN2O2. The van der Waals surface area contributed by atoms with Crippen molar-refractivity contribution >= 4 is 17.6 Å². The number of hydrogen-bond donors (Lipinski definition) is 1. The van der Waals surface area contributed by atoms with Crippen LogP contribution in [0, 0.1) is 0 Å². The standard InChI is InChI=1S/C18H15ClN2O2/c1-23-18(22)17-15(11-12-6-5-9-14(19)10-12)16(20-21-17)13-7-3-2-4-8-13/h2-10H,11H2,1H3,(H,20,21). The van der Waals surface area contributed by atoms with Gasteiger partial charge in [0.05, 0.1) is 12.8 Å². The van der Waals surface area contributed by atoms with Gasteiger partial charge in [0.2, 0.25) is 0 Å². The Morgan fingerprint density at radius 3 is 2.65 bits per heavy atom. The average molecular weight is 327 g/mol. The van der Waals surface area contributed by atoms with Gasteiger partial charge in [0.25, 0.3) is 0 Å². The van der Waals surface area contributed by atoms with Crippen molar-refractivity contribution in [2.45, 2.75) is 6.42 Å². The lowest BCUT2D eigenvalue weighted by molar-refractivity contribution is 0.0593. The molecule has 0 radical (unpaired) electrons. The largest absolute Gasteiger partial charge is 0.464 e. The van der Waals surface area contributed by atoms with Crippen molar-refractivity contribution in [2.24, 2.45) is 0 Å². The molecule has 0 fully saturated rings. The third-order valence-corrected chi connectivity index (χ3v) is 3.81. The van der Waals surface area contributed by atoms with Crippen molar-refractivity contribution in [3.05, 3.63) is 76.4 Å². The minimum Gasteiger partial charge on any atom is -0.464 e. The molecule has 3 aromatic rings. The lowest BCUT2D eigenvalue weighted by Crippen LogP contribution is -2.06. The Hall–Kier alpha value is -2.59. The van der Waals surface area contributed by atoms with E-state index in [2.05, 4.69) is 10.2 Å². The van der Waals surface area contributed by atoms with Crippen molar-refractivity contribution in [1.82, 2.24) is 10.2 Å². The molecule has 1 aromatic heterocycles. The van der Waals surface area contributed by atoms with Gasteiger partial charge in [-0.2, -0.15) is 5.10 Å². The van der Waals surface area contributed by atoms with Crippen LogP contribution >= 0.6 is 11.6 Å². The molecule has 2 aromatic carbocycles. The number of aromatic nitrogens is 2. The molecule has 116 valence electrons. The van der Waals surface area contributed by atoms with E-state index in [0.29, 0.717) is 17.1 Å². The third kappa shape index (κ3) is 3.27. The van der Waals surface area contributed by atoms with Gasteiger partial charge in [0, 0.05) is 17.0 Å². The molecule has 3 rings (SSSR count). The second kappa shape index (κ2) is 6.67. The minimum absolute atomic E-state index is 0.298. The van der Waals surface area contributed by atoms with E-state index >= 15 is 0 Å².